The predicted octanol–water partition coefficient (Wildman–Crippen LogP) is 2.71. The van der Waals surface area contributed by atoms with Crippen LogP contribution in [0.2, 0.25) is 0 Å². The molecule has 0 spiro atoms. The number of hydrogen-bond donors (Lipinski definition) is 0. The number of aromatic nitrogens is 3. The summed E-state index contributed by atoms with van der Waals surface area (Å²) >= 11 is 1.55. The summed E-state index contributed by atoms with van der Waals surface area (Å²) < 4.78 is 2.59. The molecule has 6 nitrogen and oxygen atoms in total. The van der Waals surface area contributed by atoms with Crippen molar-refractivity contribution in [2.24, 2.45) is 5.92 Å². The molecule has 0 radical (unpaired) electrons. The molecule has 3 heterocycles. The van der Waals surface area contributed by atoms with Gasteiger partial charge < -0.3 is 4.90 Å². The van der Waals surface area contributed by atoms with Crippen LogP contribution in [0.5, 0.6) is 0 Å². The van der Waals surface area contributed by atoms with Crippen molar-refractivity contribution in [1.29, 1.82) is 0 Å². The summed E-state index contributed by atoms with van der Waals surface area (Å²) in [7, 11) is 0. The van der Waals surface area contributed by atoms with Crippen LogP contribution in [0.1, 0.15) is 28.9 Å². The molecule has 0 atom stereocenters. The monoisotopic (exact) mass is 368 g/mol. The highest BCUT2D eigenvalue weighted by atomic mass is 32.1. The topological polar surface area (TPSA) is 68.1 Å². The van der Waals surface area contributed by atoms with Crippen molar-refractivity contribution in [2.45, 2.75) is 26.3 Å². The molecular formula is C19H20N4O2S. The van der Waals surface area contributed by atoms with Gasteiger partial charge in [-0.3, -0.25) is 9.59 Å². The molecule has 3 aromatic rings. The average molecular weight is 368 g/mol. The van der Waals surface area contributed by atoms with Gasteiger partial charge in [-0.25, -0.2) is 9.67 Å². The fourth-order valence-electron chi connectivity index (χ4n) is 3.42. The minimum Gasteiger partial charge on any atom is -0.339 e. The third-order valence-electron chi connectivity index (χ3n) is 4.91. The van der Waals surface area contributed by atoms with Crippen LogP contribution in [-0.2, 0) is 6.54 Å². The highest BCUT2D eigenvalue weighted by Crippen LogP contribution is 2.23. The van der Waals surface area contributed by atoms with Crippen LogP contribution in [0.25, 0.3) is 10.2 Å². The van der Waals surface area contributed by atoms with Gasteiger partial charge in [0.05, 0.1) is 21.4 Å². The van der Waals surface area contributed by atoms with Gasteiger partial charge in [-0.15, -0.1) is 11.3 Å². The zero-order valence-corrected chi connectivity index (χ0v) is 15.4. The van der Waals surface area contributed by atoms with Gasteiger partial charge in [-0.05, 0) is 49.9 Å². The number of piperidine rings is 1. The molecule has 134 valence electrons. The van der Waals surface area contributed by atoms with E-state index < -0.39 is 0 Å². The maximum absolute atomic E-state index is 12.8. The highest BCUT2D eigenvalue weighted by Gasteiger charge is 2.24. The molecule has 1 saturated heterocycles. The molecule has 1 aromatic carbocycles. The third kappa shape index (κ3) is 3.39. The Morgan fingerprint density at radius 1 is 1.23 bits per heavy atom. The molecule has 1 fully saturated rings. The molecule has 0 bridgehead atoms. The number of amides is 1. The molecule has 4 rings (SSSR count). The Balaban J connectivity index is 1.40. The zero-order chi connectivity index (χ0) is 18.1. The lowest BCUT2D eigenvalue weighted by molar-refractivity contribution is 0.0680. The Labute approximate surface area is 155 Å². The second kappa shape index (κ2) is 6.99. The van der Waals surface area contributed by atoms with Crippen molar-refractivity contribution in [3.8, 4) is 0 Å². The van der Waals surface area contributed by atoms with Gasteiger partial charge in [0.2, 0.25) is 0 Å². The lowest BCUT2D eigenvalue weighted by Gasteiger charge is -2.32. The number of fused-ring (bicyclic) bond motifs is 1. The third-order valence-corrected chi connectivity index (χ3v) is 5.70. The Morgan fingerprint density at radius 3 is 2.85 bits per heavy atom. The minimum atomic E-state index is -0.0630. The largest absolute Gasteiger partial charge is 0.339 e. The van der Waals surface area contributed by atoms with Crippen LogP contribution < -0.4 is 5.56 Å². The molecular weight excluding hydrogens is 348 g/mol. The summed E-state index contributed by atoms with van der Waals surface area (Å²) in [5.41, 5.74) is 4.23. The van der Waals surface area contributed by atoms with Crippen LogP contribution in [0.3, 0.4) is 0 Å². The standard InChI is InChI=1S/C19H20N4O2S/c1-13-2-5-18(24)23(21-13)11-14-6-8-22(9-7-14)19(25)15-3-4-16-17(10-15)26-12-20-16/h2-5,10,12,14H,6-9,11H2,1H3. The first-order valence-electron chi connectivity index (χ1n) is 8.77. The van der Waals surface area contributed by atoms with Crippen LogP contribution in [0, 0.1) is 12.8 Å². The lowest BCUT2D eigenvalue weighted by Crippen LogP contribution is -2.40. The van der Waals surface area contributed by atoms with Crippen LogP contribution in [-0.4, -0.2) is 38.7 Å². The van der Waals surface area contributed by atoms with E-state index in [2.05, 4.69) is 10.1 Å². The summed E-state index contributed by atoms with van der Waals surface area (Å²) in [5.74, 6) is 0.444. The molecule has 7 heteroatoms. The molecule has 26 heavy (non-hydrogen) atoms. The summed E-state index contributed by atoms with van der Waals surface area (Å²) in [6.45, 7) is 3.93. The zero-order valence-electron chi connectivity index (χ0n) is 14.6. The Kier molecular flexibility index (Phi) is 4.55. The number of benzene rings is 1. The van der Waals surface area contributed by atoms with E-state index in [1.807, 2.05) is 30.0 Å². The van der Waals surface area contributed by atoms with Gasteiger partial charge in [0.1, 0.15) is 0 Å². The van der Waals surface area contributed by atoms with Gasteiger partial charge in [-0.1, -0.05) is 0 Å². The van der Waals surface area contributed by atoms with E-state index in [9.17, 15) is 9.59 Å². The second-order valence-corrected chi connectivity index (χ2v) is 7.65. The average Bonchev–Trinajstić information content (AvgIpc) is 3.12. The van der Waals surface area contributed by atoms with Gasteiger partial charge >= 0.3 is 0 Å². The van der Waals surface area contributed by atoms with Gasteiger partial charge in [0.25, 0.3) is 11.5 Å². The van der Waals surface area contributed by atoms with Gasteiger partial charge in [-0.2, -0.15) is 5.10 Å². The maximum Gasteiger partial charge on any atom is 0.266 e. The number of aryl methyl sites for hydroxylation is 1. The lowest BCUT2D eigenvalue weighted by atomic mass is 9.96. The van der Waals surface area contributed by atoms with Crippen LogP contribution in [0.4, 0.5) is 0 Å². The van der Waals surface area contributed by atoms with Crippen molar-refractivity contribution in [3.63, 3.8) is 0 Å². The number of nitrogens with zero attached hydrogens (tertiary/aromatic N) is 4. The highest BCUT2D eigenvalue weighted by molar-refractivity contribution is 7.16. The Bertz CT molecular complexity index is 1000. The molecule has 0 aliphatic carbocycles. The van der Waals surface area contributed by atoms with Crippen molar-refractivity contribution in [1.82, 2.24) is 19.7 Å². The van der Waals surface area contributed by atoms with E-state index in [1.165, 1.54) is 0 Å². The molecule has 0 saturated carbocycles. The first kappa shape index (κ1) is 16.9. The Hall–Kier alpha value is -2.54. The minimum absolute atomic E-state index is 0.0630. The number of hydrogen-bond acceptors (Lipinski definition) is 5. The SMILES string of the molecule is Cc1ccc(=O)n(CC2CCN(C(=O)c3ccc4ncsc4c3)CC2)n1. The molecule has 0 N–H and O–H groups in total. The van der Waals surface area contributed by atoms with E-state index >= 15 is 0 Å². The summed E-state index contributed by atoms with van der Waals surface area (Å²) in [4.78, 5) is 30.9. The van der Waals surface area contributed by atoms with Crippen LogP contribution >= 0.6 is 11.3 Å². The normalized spacial score (nSPS) is 15.5. The summed E-state index contributed by atoms with van der Waals surface area (Å²) in [5, 5.41) is 4.31. The van der Waals surface area contributed by atoms with E-state index in [0.717, 1.165) is 34.3 Å². The fourth-order valence-corrected chi connectivity index (χ4v) is 4.13. The number of likely N-dealkylation sites (tertiary alicyclic amines) is 1. The van der Waals surface area contributed by atoms with Crippen molar-refractivity contribution in [2.75, 3.05) is 13.1 Å². The maximum atomic E-state index is 12.8. The van der Waals surface area contributed by atoms with E-state index in [1.54, 1.807) is 33.7 Å². The van der Waals surface area contributed by atoms with Gasteiger partial charge in [0, 0.05) is 31.3 Å². The van der Waals surface area contributed by atoms with E-state index in [0.29, 0.717) is 25.6 Å². The quantitative estimate of drug-likeness (QED) is 0.713. The first-order chi connectivity index (χ1) is 12.6. The number of carbonyl (C=O) groups is 1. The van der Waals surface area contributed by atoms with E-state index in [-0.39, 0.29) is 11.5 Å². The van der Waals surface area contributed by atoms with Gasteiger partial charge in [0.15, 0.2) is 0 Å². The number of thiazole rings is 1. The van der Waals surface area contributed by atoms with E-state index in [4.69, 9.17) is 0 Å². The van der Waals surface area contributed by atoms with Crippen molar-refractivity contribution < 1.29 is 4.79 Å². The van der Waals surface area contributed by atoms with Crippen LogP contribution in [0.15, 0.2) is 40.6 Å². The summed E-state index contributed by atoms with van der Waals surface area (Å²) in [6.07, 6.45) is 1.77. The Morgan fingerprint density at radius 2 is 2.04 bits per heavy atom. The molecule has 2 aromatic heterocycles. The second-order valence-electron chi connectivity index (χ2n) is 6.77. The van der Waals surface area contributed by atoms with Crippen molar-refractivity contribution in [3.05, 3.63) is 57.5 Å². The smallest absolute Gasteiger partial charge is 0.266 e. The first-order valence-corrected chi connectivity index (χ1v) is 9.65. The number of rotatable bonds is 3. The number of carbonyl (C=O) groups excluding carboxylic acids is 1. The molecule has 1 aliphatic rings. The van der Waals surface area contributed by atoms with Crippen molar-refractivity contribution >= 4 is 27.5 Å². The molecule has 1 amide bonds. The molecule has 0 unspecified atom stereocenters. The molecule has 1 aliphatic heterocycles. The fraction of sp³-hybridized carbons (Fsp3) is 0.368. The summed E-state index contributed by atoms with van der Waals surface area (Å²) in [6, 6.07) is 8.99. The predicted molar refractivity (Wildman–Crippen MR) is 101 cm³/mol.